The molecule has 38 heavy (non-hydrogen) atoms. The average molecular weight is 502 g/mol. The van der Waals surface area contributed by atoms with Crippen molar-refractivity contribution in [3.63, 3.8) is 0 Å². The molecule has 0 aliphatic rings. The number of aromatic nitrogens is 5. The Balaban J connectivity index is 1.13. The van der Waals surface area contributed by atoms with Gasteiger partial charge >= 0.3 is 0 Å². The van der Waals surface area contributed by atoms with Crippen LogP contribution in [-0.4, -0.2) is 43.3 Å². The Morgan fingerprint density at radius 2 is 1.71 bits per heavy atom. The minimum atomic E-state index is -0.261. The Labute approximate surface area is 217 Å². The van der Waals surface area contributed by atoms with E-state index in [2.05, 4.69) is 35.6 Å². The van der Waals surface area contributed by atoms with Crippen molar-refractivity contribution in [1.29, 1.82) is 0 Å². The van der Waals surface area contributed by atoms with Gasteiger partial charge in [-0.05, 0) is 47.7 Å². The van der Waals surface area contributed by atoms with E-state index < -0.39 is 0 Å². The van der Waals surface area contributed by atoms with Gasteiger partial charge in [-0.15, -0.1) is 0 Å². The van der Waals surface area contributed by atoms with Gasteiger partial charge in [0.2, 0.25) is 5.95 Å². The number of carbonyl (C=O) groups is 2. The van der Waals surface area contributed by atoms with E-state index in [0.29, 0.717) is 35.9 Å². The average Bonchev–Trinajstić information content (AvgIpc) is 3.62. The summed E-state index contributed by atoms with van der Waals surface area (Å²) in [4.78, 5) is 44.9. The molecule has 0 atom stereocenters. The second-order valence-corrected chi connectivity index (χ2v) is 8.79. The van der Waals surface area contributed by atoms with Gasteiger partial charge in [-0.3, -0.25) is 19.9 Å². The van der Waals surface area contributed by atoms with E-state index >= 15 is 0 Å². The maximum atomic E-state index is 12.9. The molecule has 186 valence electrons. The standard InChI is InChI=1S/C29H23N7O2/c37-27(30-12-11-18-5-3-4-8-22(18)28(38)36-29-31-13-14-32-29)20-9-10-23-24(16-20)35-26(34-23)25-15-19-6-1-2-7-21(19)17-33-25/h1-10,13-17H,11-12H2,(H,30,37)(H,34,35)(H2,31,32,36,38). The molecule has 9 heteroatoms. The van der Waals surface area contributed by atoms with Gasteiger partial charge in [0, 0.05) is 41.6 Å². The molecule has 3 aromatic carbocycles. The number of nitrogens with zero attached hydrogens (tertiary/aromatic N) is 3. The van der Waals surface area contributed by atoms with Crippen LogP contribution in [-0.2, 0) is 6.42 Å². The van der Waals surface area contributed by atoms with Crippen LogP contribution >= 0.6 is 0 Å². The van der Waals surface area contributed by atoms with Crippen LogP contribution in [0.5, 0.6) is 0 Å². The minimum Gasteiger partial charge on any atom is -0.352 e. The first-order valence-electron chi connectivity index (χ1n) is 12.2. The van der Waals surface area contributed by atoms with Crippen molar-refractivity contribution in [3.8, 4) is 11.5 Å². The van der Waals surface area contributed by atoms with Crippen LogP contribution in [0, 0.1) is 0 Å². The van der Waals surface area contributed by atoms with Crippen molar-refractivity contribution >= 4 is 39.6 Å². The summed E-state index contributed by atoms with van der Waals surface area (Å²) < 4.78 is 0. The summed E-state index contributed by atoms with van der Waals surface area (Å²) in [6.45, 7) is 0.372. The molecule has 0 bridgehead atoms. The number of H-pyrrole nitrogens is 2. The first-order chi connectivity index (χ1) is 18.6. The predicted octanol–water partition coefficient (Wildman–Crippen LogP) is 4.73. The summed E-state index contributed by atoms with van der Waals surface area (Å²) in [7, 11) is 0. The number of fused-ring (bicyclic) bond motifs is 2. The van der Waals surface area contributed by atoms with E-state index in [-0.39, 0.29) is 11.8 Å². The normalized spacial score (nSPS) is 11.1. The quantitative estimate of drug-likeness (QED) is 0.251. The number of anilines is 1. The summed E-state index contributed by atoms with van der Waals surface area (Å²) >= 11 is 0. The van der Waals surface area contributed by atoms with Crippen LogP contribution in [0.4, 0.5) is 5.95 Å². The van der Waals surface area contributed by atoms with Crippen LogP contribution < -0.4 is 10.6 Å². The SMILES string of the molecule is O=C(NCCc1ccccc1C(=O)Nc1ncc[nH]1)c1ccc2nc(-c3cc4ccccc4cn3)[nH]c2c1. The van der Waals surface area contributed by atoms with Gasteiger partial charge in [-0.1, -0.05) is 42.5 Å². The highest BCUT2D eigenvalue weighted by Crippen LogP contribution is 2.23. The van der Waals surface area contributed by atoms with Gasteiger partial charge in [-0.25, -0.2) is 9.97 Å². The fourth-order valence-corrected chi connectivity index (χ4v) is 4.37. The molecule has 0 radical (unpaired) electrons. The Bertz CT molecular complexity index is 1770. The third-order valence-corrected chi connectivity index (χ3v) is 6.29. The first-order valence-corrected chi connectivity index (χ1v) is 12.2. The number of pyridine rings is 1. The molecule has 6 rings (SSSR count). The Kier molecular flexibility index (Phi) is 6.07. The zero-order valence-corrected chi connectivity index (χ0v) is 20.2. The maximum absolute atomic E-state index is 12.9. The molecular weight excluding hydrogens is 478 g/mol. The van der Waals surface area contributed by atoms with Crippen LogP contribution in [0.25, 0.3) is 33.3 Å². The number of carbonyl (C=O) groups excluding carboxylic acids is 2. The topological polar surface area (TPSA) is 128 Å². The summed E-state index contributed by atoms with van der Waals surface area (Å²) in [6.07, 6.45) is 5.53. The van der Waals surface area contributed by atoms with Crippen LogP contribution in [0.1, 0.15) is 26.3 Å². The van der Waals surface area contributed by atoms with E-state index in [0.717, 1.165) is 33.1 Å². The van der Waals surface area contributed by atoms with Crippen molar-refractivity contribution in [2.24, 2.45) is 0 Å². The summed E-state index contributed by atoms with van der Waals surface area (Å²) in [5.41, 5.74) is 4.12. The number of nitrogens with one attached hydrogen (secondary N) is 4. The Morgan fingerprint density at radius 3 is 2.58 bits per heavy atom. The number of hydrogen-bond acceptors (Lipinski definition) is 5. The molecule has 0 fully saturated rings. The Morgan fingerprint density at radius 1 is 0.868 bits per heavy atom. The third-order valence-electron chi connectivity index (χ3n) is 6.29. The molecule has 0 aliphatic carbocycles. The summed E-state index contributed by atoms with van der Waals surface area (Å²) in [6, 6.07) is 22.7. The van der Waals surface area contributed by atoms with Crippen LogP contribution in [0.15, 0.2) is 91.4 Å². The number of amides is 2. The molecule has 0 aliphatic heterocycles. The van der Waals surface area contributed by atoms with Crippen molar-refractivity contribution in [2.45, 2.75) is 6.42 Å². The number of rotatable bonds is 7. The van der Waals surface area contributed by atoms with Crippen molar-refractivity contribution in [2.75, 3.05) is 11.9 Å². The molecule has 4 N–H and O–H groups in total. The fourth-order valence-electron chi connectivity index (χ4n) is 4.37. The minimum absolute atomic E-state index is 0.204. The molecule has 2 amide bonds. The van der Waals surface area contributed by atoms with Crippen LogP contribution in [0.2, 0.25) is 0 Å². The van der Waals surface area contributed by atoms with E-state index in [4.69, 9.17) is 0 Å². The van der Waals surface area contributed by atoms with E-state index in [9.17, 15) is 9.59 Å². The first kappa shape index (κ1) is 23.1. The van der Waals surface area contributed by atoms with E-state index in [1.807, 2.05) is 54.7 Å². The van der Waals surface area contributed by atoms with Gasteiger partial charge in [0.05, 0.1) is 11.0 Å². The molecule has 9 nitrogen and oxygen atoms in total. The van der Waals surface area contributed by atoms with Crippen LogP contribution in [0.3, 0.4) is 0 Å². The lowest BCUT2D eigenvalue weighted by Gasteiger charge is -2.10. The molecule has 0 spiro atoms. The molecule has 3 aromatic heterocycles. The number of aromatic amines is 2. The van der Waals surface area contributed by atoms with Gasteiger partial charge < -0.3 is 15.3 Å². The second-order valence-electron chi connectivity index (χ2n) is 8.79. The highest BCUT2D eigenvalue weighted by atomic mass is 16.2. The zero-order valence-electron chi connectivity index (χ0n) is 20.2. The zero-order chi connectivity index (χ0) is 25.9. The largest absolute Gasteiger partial charge is 0.352 e. The number of hydrogen-bond donors (Lipinski definition) is 4. The molecular formula is C29H23N7O2. The lowest BCUT2D eigenvalue weighted by Crippen LogP contribution is -2.26. The second kappa shape index (κ2) is 9.98. The van der Waals surface area contributed by atoms with E-state index in [1.165, 1.54) is 0 Å². The highest BCUT2D eigenvalue weighted by molar-refractivity contribution is 6.04. The molecule has 0 saturated carbocycles. The molecule has 0 unspecified atom stereocenters. The predicted molar refractivity (Wildman–Crippen MR) is 146 cm³/mol. The highest BCUT2D eigenvalue weighted by Gasteiger charge is 2.14. The summed E-state index contributed by atoms with van der Waals surface area (Å²) in [5.74, 6) is 0.562. The van der Waals surface area contributed by atoms with Gasteiger partial charge in [-0.2, -0.15) is 0 Å². The van der Waals surface area contributed by atoms with Crippen molar-refractivity contribution < 1.29 is 9.59 Å². The maximum Gasteiger partial charge on any atom is 0.258 e. The smallest absolute Gasteiger partial charge is 0.258 e. The van der Waals surface area contributed by atoms with Gasteiger partial charge in [0.25, 0.3) is 11.8 Å². The summed E-state index contributed by atoms with van der Waals surface area (Å²) in [5, 5.41) is 7.83. The van der Waals surface area contributed by atoms with Crippen molar-refractivity contribution in [3.05, 3.63) is 108 Å². The van der Waals surface area contributed by atoms with Gasteiger partial charge in [0.1, 0.15) is 5.69 Å². The Hall–Kier alpha value is -5.31. The monoisotopic (exact) mass is 501 g/mol. The van der Waals surface area contributed by atoms with E-state index in [1.54, 1.807) is 36.7 Å². The lowest BCUT2D eigenvalue weighted by molar-refractivity contribution is 0.0954. The fraction of sp³-hybridized carbons (Fsp3) is 0.0690. The lowest BCUT2D eigenvalue weighted by atomic mass is 10.0. The van der Waals surface area contributed by atoms with Crippen molar-refractivity contribution in [1.82, 2.24) is 30.2 Å². The third kappa shape index (κ3) is 4.72. The molecule has 6 aromatic rings. The van der Waals surface area contributed by atoms with Gasteiger partial charge in [0.15, 0.2) is 5.82 Å². The number of imidazole rings is 2. The molecule has 3 heterocycles. The molecule has 0 saturated heterocycles. The number of benzene rings is 3.